The number of halogens is 1. The van der Waals surface area contributed by atoms with Crippen LogP contribution < -0.4 is 4.90 Å². The van der Waals surface area contributed by atoms with E-state index in [4.69, 9.17) is 0 Å². The van der Waals surface area contributed by atoms with Gasteiger partial charge in [0.1, 0.15) is 5.82 Å². The Kier molecular flexibility index (Phi) is 4.63. The largest absolute Gasteiger partial charge is 0.368 e. The number of carbonyl (C=O) groups excluding carboxylic acids is 1. The van der Waals surface area contributed by atoms with Crippen molar-refractivity contribution in [2.75, 3.05) is 31.1 Å². The molecule has 5 rings (SSSR count). The summed E-state index contributed by atoms with van der Waals surface area (Å²) >= 11 is 0. The molecule has 1 aliphatic heterocycles. The summed E-state index contributed by atoms with van der Waals surface area (Å²) in [6, 6.07) is 19.9. The van der Waals surface area contributed by atoms with E-state index < -0.39 is 0 Å². The zero-order valence-corrected chi connectivity index (χ0v) is 16.3. The fourth-order valence-electron chi connectivity index (χ4n) is 3.81. The normalized spacial score (nSPS) is 14.3. The average Bonchev–Trinajstić information content (AvgIpc) is 3.23. The van der Waals surface area contributed by atoms with Crippen LogP contribution in [0, 0.1) is 5.82 Å². The minimum atomic E-state index is -0.298. The van der Waals surface area contributed by atoms with Gasteiger partial charge < -0.3 is 9.80 Å². The Labute approximate surface area is 173 Å². The summed E-state index contributed by atoms with van der Waals surface area (Å²) < 4.78 is 15.0. The van der Waals surface area contributed by atoms with Crippen molar-refractivity contribution in [2.45, 2.75) is 0 Å². The van der Waals surface area contributed by atoms with Crippen LogP contribution in [0.25, 0.3) is 17.0 Å². The Morgan fingerprint density at radius 2 is 1.60 bits per heavy atom. The van der Waals surface area contributed by atoms with Crippen molar-refractivity contribution < 1.29 is 9.18 Å². The summed E-state index contributed by atoms with van der Waals surface area (Å²) in [7, 11) is 0. The van der Waals surface area contributed by atoms with Crippen LogP contribution in [0.15, 0.2) is 72.9 Å². The Hall–Kier alpha value is -3.74. The van der Waals surface area contributed by atoms with E-state index in [0.717, 1.165) is 18.7 Å². The number of aromatic nitrogens is 3. The van der Waals surface area contributed by atoms with Gasteiger partial charge in [-0.3, -0.25) is 9.20 Å². The molecule has 6 nitrogen and oxygen atoms in total. The van der Waals surface area contributed by atoms with Crippen LogP contribution in [-0.4, -0.2) is 51.6 Å². The lowest BCUT2D eigenvalue weighted by Crippen LogP contribution is -2.48. The highest BCUT2D eigenvalue weighted by atomic mass is 19.1. The lowest BCUT2D eigenvalue weighted by Gasteiger charge is -2.36. The first-order valence-corrected chi connectivity index (χ1v) is 9.89. The second-order valence-electron chi connectivity index (χ2n) is 7.29. The van der Waals surface area contributed by atoms with Crippen molar-refractivity contribution in [2.24, 2.45) is 0 Å². The van der Waals surface area contributed by atoms with Gasteiger partial charge in [-0.1, -0.05) is 18.2 Å². The first-order valence-electron chi connectivity index (χ1n) is 9.89. The van der Waals surface area contributed by atoms with Crippen LogP contribution in [-0.2, 0) is 0 Å². The summed E-state index contributed by atoms with van der Waals surface area (Å²) in [6.07, 6.45) is 1.79. The number of benzene rings is 2. The van der Waals surface area contributed by atoms with Crippen molar-refractivity contribution in [1.82, 2.24) is 19.5 Å². The first-order chi connectivity index (χ1) is 14.7. The summed E-state index contributed by atoms with van der Waals surface area (Å²) in [4.78, 5) is 17.2. The average molecular weight is 401 g/mol. The van der Waals surface area contributed by atoms with Crippen molar-refractivity contribution in [3.8, 4) is 11.4 Å². The van der Waals surface area contributed by atoms with Crippen LogP contribution in [0.5, 0.6) is 0 Å². The number of para-hydroxylation sites is 1. The number of anilines is 1. The van der Waals surface area contributed by atoms with Crippen LogP contribution in [0.1, 0.15) is 10.4 Å². The van der Waals surface area contributed by atoms with E-state index in [0.29, 0.717) is 30.1 Å². The summed E-state index contributed by atoms with van der Waals surface area (Å²) in [6.45, 7) is 2.95. The zero-order chi connectivity index (χ0) is 20.5. The summed E-state index contributed by atoms with van der Waals surface area (Å²) in [5.41, 5.74) is 3.12. The highest BCUT2D eigenvalue weighted by molar-refractivity contribution is 5.95. The number of carbonyl (C=O) groups is 1. The Balaban J connectivity index is 1.33. The third kappa shape index (κ3) is 3.39. The van der Waals surface area contributed by atoms with Crippen LogP contribution in [0.3, 0.4) is 0 Å². The van der Waals surface area contributed by atoms with Gasteiger partial charge in [-0.05, 0) is 48.5 Å². The molecule has 0 spiro atoms. The monoisotopic (exact) mass is 401 g/mol. The molecule has 2 aromatic heterocycles. The van der Waals surface area contributed by atoms with Crippen molar-refractivity contribution >= 4 is 17.2 Å². The molecule has 150 valence electrons. The highest BCUT2D eigenvalue weighted by Crippen LogP contribution is 2.21. The lowest BCUT2D eigenvalue weighted by molar-refractivity contribution is 0.0747. The molecule has 0 aliphatic carbocycles. The lowest BCUT2D eigenvalue weighted by atomic mass is 10.2. The maximum Gasteiger partial charge on any atom is 0.254 e. The zero-order valence-electron chi connectivity index (χ0n) is 16.3. The molecule has 0 bridgehead atoms. The third-order valence-electron chi connectivity index (χ3n) is 5.45. The predicted molar refractivity (Wildman–Crippen MR) is 113 cm³/mol. The summed E-state index contributed by atoms with van der Waals surface area (Å²) in [5, 5.41) is 8.41. The second-order valence-corrected chi connectivity index (χ2v) is 7.29. The van der Waals surface area contributed by atoms with Gasteiger partial charge in [-0.2, -0.15) is 0 Å². The molecule has 7 heteroatoms. The van der Waals surface area contributed by atoms with Crippen molar-refractivity contribution in [3.05, 3.63) is 84.3 Å². The van der Waals surface area contributed by atoms with Gasteiger partial charge in [0.25, 0.3) is 5.91 Å². The topological polar surface area (TPSA) is 53.7 Å². The molecule has 1 fully saturated rings. The van der Waals surface area contributed by atoms with E-state index in [2.05, 4.69) is 27.2 Å². The fraction of sp³-hybridized carbons (Fsp3) is 0.174. The molecule has 30 heavy (non-hydrogen) atoms. The van der Waals surface area contributed by atoms with Gasteiger partial charge in [0, 0.05) is 49.2 Å². The molecule has 1 aliphatic rings. The van der Waals surface area contributed by atoms with E-state index in [1.807, 2.05) is 23.1 Å². The Morgan fingerprint density at radius 3 is 2.33 bits per heavy atom. The minimum absolute atomic E-state index is 0.00320. The Bertz CT molecular complexity index is 1180. The van der Waals surface area contributed by atoms with Gasteiger partial charge in [0.15, 0.2) is 11.5 Å². The molecule has 0 saturated carbocycles. The number of piperazine rings is 1. The first kappa shape index (κ1) is 18.3. The molecule has 0 atom stereocenters. The number of fused-ring (bicyclic) bond motifs is 1. The van der Waals surface area contributed by atoms with Crippen molar-refractivity contribution in [1.29, 1.82) is 0 Å². The highest BCUT2D eigenvalue weighted by Gasteiger charge is 2.23. The van der Waals surface area contributed by atoms with Gasteiger partial charge in [0.05, 0.1) is 0 Å². The molecule has 3 heterocycles. The molecule has 0 N–H and O–H groups in total. The third-order valence-corrected chi connectivity index (χ3v) is 5.45. The van der Waals surface area contributed by atoms with Crippen molar-refractivity contribution in [3.63, 3.8) is 0 Å². The molecule has 0 unspecified atom stereocenters. The fourth-order valence-corrected chi connectivity index (χ4v) is 3.81. The molecular weight excluding hydrogens is 381 g/mol. The van der Waals surface area contributed by atoms with Gasteiger partial charge in [-0.25, -0.2) is 4.39 Å². The molecule has 2 aromatic carbocycles. The van der Waals surface area contributed by atoms with Gasteiger partial charge in [-0.15, -0.1) is 10.2 Å². The van der Waals surface area contributed by atoms with E-state index in [9.17, 15) is 9.18 Å². The van der Waals surface area contributed by atoms with Gasteiger partial charge in [0.2, 0.25) is 0 Å². The SMILES string of the molecule is O=C(c1ccn2c(-c3ccc(F)cc3)nnc2c1)N1CCN(c2ccccc2)CC1. The molecule has 0 radical (unpaired) electrons. The van der Waals surface area contributed by atoms with E-state index >= 15 is 0 Å². The van der Waals surface area contributed by atoms with E-state index in [-0.39, 0.29) is 11.7 Å². The number of nitrogens with zero attached hydrogens (tertiary/aromatic N) is 5. The number of hydrogen-bond acceptors (Lipinski definition) is 4. The maximum atomic E-state index is 13.2. The molecular formula is C23H20FN5O. The number of pyridine rings is 1. The second kappa shape index (κ2) is 7.59. The molecule has 1 amide bonds. The van der Waals surface area contributed by atoms with E-state index in [1.54, 1.807) is 34.9 Å². The quantitative estimate of drug-likeness (QED) is 0.527. The predicted octanol–water partition coefficient (Wildman–Crippen LogP) is 3.50. The standard InChI is InChI=1S/C23H20FN5O/c24-19-8-6-17(7-9-19)22-26-25-21-16-18(10-11-29(21)22)23(30)28-14-12-27(13-15-28)20-4-2-1-3-5-20/h1-11,16H,12-15H2. The van der Waals surface area contributed by atoms with Crippen LogP contribution >= 0.6 is 0 Å². The maximum absolute atomic E-state index is 13.2. The molecule has 4 aromatic rings. The summed E-state index contributed by atoms with van der Waals surface area (Å²) in [5.74, 6) is 0.310. The number of rotatable bonds is 3. The van der Waals surface area contributed by atoms with E-state index in [1.165, 1.54) is 17.8 Å². The number of amides is 1. The smallest absolute Gasteiger partial charge is 0.254 e. The van der Waals surface area contributed by atoms with Gasteiger partial charge >= 0.3 is 0 Å². The Morgan fingerprint density at radius 1 is 0.867 bits per heavy atom. The van der Waals surface area contributed by atoms with Crippen LogP contribution in [0.2, 0.25) is 0 Å². The van der Waals surface area contributed by atoms with Crippen LogP contribution in [0.4, 0.5) is 10.1 Å². The molecule has 1 saturated heterocycles. The minimum Gasteiger partial charge on any atom is -0.368 e. The number of hydrogen-bond donors (Lipinski definition) is 0.